The Morgan fingerprint density at radius 1 is 1.07 bits per heavy atom. The first-order valence-corrected chi connectivity index (χ1v) is 11.1. The van der Waals surface area contributed by atoms with Crippen molar-refractivity contribution in [2.24, 2.45) is 0 Å². The molecular formula is C21H28N2O5S. The normalized spacial score (nSPS) is 11.1. The Morgan fingerprint density at radius 3 is 2.38 bits per heavy atom. The molecule has 0 radical (unpaired) electrons. The maximum absolute atomic E-state index is 12.5. The van der Waals surface area contributed by atoms with Crippen LogP contribution in [0.1, 0.15) is 27.9 Å². The van der Waals surface area contributed by atoms with Crippen molar-refractivity contribution < 1.29 is 22.7 Å². The van der Waals surface area contributed by atoms with Gasteiger partial charge < -0.3 is 14.8 Å². The molecule has 0 aliphatic carbocycles. The van der Waals surface area contributed by atoms with E-state index < -0.39 is 10.0 Å². The van der Waals surface area contributed by atoms with E-state index in [0.29, 0.717) is 29.3 Å². The van der Waals surface area contributed by atoms with Crippen LogP contribution in [0.4, 0.5) is 5.69 Å². The van der Waals surface area contributed by atoms with Crippen LogP contribution in [0.2, 0.25) is 0 Å². The molecule has 2 aromatic carbocycles. The summed E-state index contributed by atoms with van der Waals surface area (Å²) in [6, 6.07) is 10.8. The predicted molar refractivity (Wildman–Crippen MR) is 115 cm³/mol. The van der Waals surface area contributed by atoms with Crippen molar-refractivity contribution >= 4 is 21.6 Å². The number of nitrogens with one attached hydrogen (secondary N) is 1. The highest BCUT2D eigenvalue weighted by atomic mass is 32.2. The van der Waals surface area contributed by atoms with Crippen LogP contribution in [0.15, 0.2) is 36.4 Å². The van der Waals surface area contributed by atoms with Crippen molar-refractivity contribution in [3.05, 3.63) is 53.1 Å². The van der Waals surface area contributed by atoms with Gasteiger partial charge in [-0.15, -0.1) is 0 Å². The van der Waals surface area contributed by atoms with Gasteiger partial charge in [0.15, 0.2) is 11.5 Å². The Labute approximate surface area is 172 Å². The lowest BCUT2D eigenvalue weighted by Crippen LogP contribution is -2.27. The fourth-order valence-corrected chi connectivity index (χ4v) is 3.46. The number of amides is 1. The van der Waals surface area contributed by atoms with Crippen molar-refractivity contribution in [3.63, 3.8) is 0 Å². The second kappa shape index (κ2) is 9.65. The number of anilines is 1. The molecule has 2 aromatic rings. The van der Waals surface area contributed by atoms with Crippen molar-refractivity contribution in [1.82, 2.24) is 5.32 Å². The van der Waals surface area contributed by atoms with E-state index >= 15 is 0 Å². The average Bonchev–Trinajstić information content (AvgIpc) is 2.69. The Bertz CT molecular complexity index is 973. The summed E-state index contributed by atoms with van der Waals surface area (Å²) in [6.45, 7) is 2.31. The highest BCUT2D eigenvalue weighted by molar-refractivity contribution is 7.92. The van der Waals surface area contributed by atoms with Gasteiger partial charge >= 0.3 is 0 Å². The standard InChI is InChI=1S/C21H28N2O5S/c1-15-8-10-17(14-18(15)23(2)29(5,25)26)21(24)22-12-6-7-16-9-11-19(27-3)20(13-16)28-4/h8-11,13-14H,6-7,12H2,1-5H3,(H,22,24). The average molecular weight is 421 g/mol. The predicted octanol–water partition coefficient (Wildman–Crippen LogP) is 2.77. The van der Waals surface area contributed by atoms with Crippen molar-refractivity contribution in [2.45, 2.75) is 19.8 Å². The minimum Gasteiger partial charge on any atom is -0.493 e. The summed E-state index contributed by atoms with van der Waals surface area (Å²) in [5.74, 6) is 1.12. The SMILES string of the molecule is COc1ccc(CCCNC(=O)c2ccc(C)c(N(C)S(C)(=O)=O)c2)cc1OC. The van der Waals surface area contributed by atoms with Crippen LogP contribution in [0, 0.1) is 6.92 Å². The molecule has 0 saturated carbocycles. The second-order valence-corrected chi connectivity index (χ2v) is 8.79. The smallest absolute Gasteiger partial charge is 0.251 e. The van der Waals surface area contributed by atoms with Gasteiger partial charge in [-0.05, 0) is 55.2 Å². The van der Waals surface area contributed by atoms with Crippen molar-refractivity contribution in [1.29, 1.82) is 0 Å². The molecule has 0 aliphatic heterocycles. The molecule has 0 aromatic heterocycles. The van der Waals surface area contributed by atoms with Crippen LogP contribution in [0.3, 0.4) is 0 Å². The van der Waals surface area contributed by atoms with Gasteiger partial charge in [0.2, 0.25) is 10.0 Å². The van der Waals surface area contributed by atoms with Crippen LogP contribution in [0.25, 0.3) is 0 Å². The molecule has 0 spiro atoms. The summed E-state index contributed by atoms with van der Waals surface area (Å²) in [7, 11) is 1.26. The number of carbonyl (C=O) groups excluding carboxylic acids is 1. The van der Waals surface area contributed by atoms with E-state index in [1.54, 1.807) is 32.4 Å². The van der Waals surface area contributed by atoms with Gasteiger partial charge in [-0.25, -0.2) is 8.42 Å². The molecule has 7 nitrogen and oxygen atoms in total. The lowest BCUT2D eigenvalue weighted by Gasteiger charge is -2.19. The van der Waals surface area contributed by atoms with Crippen LogP contribution in [-0.2, 0) is 16.4 Å². The Kier molecular flexibility index (Phi) is 7.50. The molecule has 0 heterocycles. The van der Waals surface area contributed by atoms with Crippen LogP contribution < -0.4 is 19.1 Å². The van der Waals surface area contributed by atoms with Gasteiger partial charge in [0.05, 0.1) is 26.2 Å². The van der Waals surface area contributed by atoms with Crippen molar-refractivity contribution in [3.8, 4) is 11.5 Å². The Balaban J connectivity index is 1.96. The molecule has 0 bridgehead atoms. The largest absolute Gasteiger partial charge is 0.493 e. The summed E-state index contributed by atoms with van der Waals surface area (Å²) >= 11 is 0. The highest BCUT2D eigenvalue weighted by Crippen LogP contribution is 2.28. The number of hydrogen-bond donors (Lipinski definition) is 1. The van der Waals surface area contributed by atoms with Gasteiger partial charge in [0.1, 0.15) is 0 Å². The first-order chi connectivity index (χ1) is 13.7. The fourth-order valence-electron chi connectivity index (χ4n) is 2.90. The summed E-state index contributed by atoms with van der Waals surface area (Å²) in [5, 5.41) is 2.88. The highest BCUT2D eigenvalue weighted by Gasteiger charge is 2.16. The number of methoxy groups -OCH3 is 2. The molecular weight excluding hydrogens is 392 g/mol. The first-order valence-electron chi connectivity index (χ1n) is 9.21. The maximum atomic E-state index is 12.5. The summed E-state index contributed by atoms with van der Waals surface area (Å²) in [5.41, 5.74) is 2.78. The topological polar surface area (TPSA) is 84.9 Å². The zero-order chi connectivity index (χ0) is 21.6. The first kappa shape index (κ1) is 22.5. The van der Waals surface area contributed by atoms with E-state index in [1.165, 1.54) is 11.4 Å². The van der Waals surface area contributed by atoms with Crippen LogP contribution >= 0.6 is 0 Å². The number of aryl methyl sites for hydroxylation is 2. The molecule has 0 unspecified atom stereocenters. The molecule has 0 fully saturated rings. The molecule has 2 rings (SSSR count). The molecule has 1 amide bonds. The van der Waals surface area contributed by atoms with Gasteiger partial charge in [-0.2, -0.15) is 0 Å². The Hall–Kier alpha value is -2.74. The lowest BCUT2D eigenvalue weighted by molar-refractivity contribution is 0.0953. The number of ether oxygens (including phenoxy) is 2. The number of hydrogen-bond acceptors (Lipinski definition) is 5. The third kappa shape index (κ3) is 5.87. The van der Waals surface area contributed by atoms with Crippen molar-refractivity contribution in [2.75, 3.05) is 38.4 Å². The van der Waals surface area contributed by atoms with Crippen LogP contribution in [-0.4, -0.2) is 48.4 Å². The number of carbonyl (C=O) groups is 1. The molecule has 29 heavy (non-hydrogen) atoms. The van der Waals surface area contributed by atoms with Crippen LogP contribution in [0.5, 0.6) is 11.5 Å². The third-order valence-electron chi connectivity index (χ3n) is 4.68. The molecule has 1 N–H and O–H groups in total. The van der Waals surface area contributed by atoms with Gasteiger partial charge in [-0.3, -0.25) is 9.10 Å². The molecule has 0 saturated heterocycles. The number of rotatable bonds is 9. The van der Waals surface area contributed by atoms with E-state index in [9.17, 15) is 13.2 Å². The summed E-state index contributed by atoms with van der Waals surface area (Å²) < 4.78 is 35.3. The summed E-state index contributed by atoms with van der Waals surface area (Å²) in [4.78, 5) is 12.5. The monoisotopic (exact) mass is 420 g/mol. The maximum Gasteiger partial charge on any atom is 0.251 e. The number of benzene rings is 2. The minimum absolute atomic E-state index is 0.236. The molecule has 8 heteroatoms. The molecule has 158 valence electrons. The van der Waals surface area contributed by atoms with Gasteiger partial charge in [0.25, 0.3) is 5.91 Å². The van der Waals surface area contributed by atoms with E-state index in [0.717, 1.165) is 30.2 Å². The van der Waals surface area contributed by atoms with E-state index in [1.807, 2.05) is 25.1 Å². The zero-order valence-electron chi connectivity index (χ0n) is 17.5. The second-order valence-electron chi connectivity index (χ2n) is 6.78. The molecule has 0 atom stereocenters. The zero-order valence-corrected chi connectivity index (χ0v) is 18.3. The minimum atomic E-state index is -3.40. The number of sulfonamides is 1. The van der Waals surface area contributed by atoms with Gasteiger partial charge in [0, 0.05) is 19.2 Å². The molecule has 0 aliphatic rings. The Morgan fingerprint density at radius 2 is 1.76 bits per heavy atom. The lowest BCUT2D eigenvalue weighted by atomic mass is 10.1. The summed E-state index contributed by atoms with van der Waals surface area (Å²) in [6.07, 6.45) is 2.66. The van der Waals surface area contributed by atoms with E-state index in [2.05, 4.69) is 5.32 Å². The van der Waals surface area contributed by atoms with Gasteiger partial charge in [-0.1, -0.05) is 12.1 Å². The van der Waals surface area contributed by atoms with E-state index in [-0.39, 0.29) is 5.91 Å². The van der Waals surface area contributed by atoms with E-state index in [4.69, 9.17) is 9.47 Å². The number of nitrogens with zero attached hydrogens (tertiary/aromatic N) is 1. The fraction of sp³-hybridized carbons (Fsp3) is 0.381. The third-order valence-corrected chi connectivity index (χ3v) is 5.88. The quantitative estimate of drug-likeness (QED) is 0.631.